The lowest BCUT2D eigenvalue weighted by Crippen LogP contribution is -1.87. The fourth-order valence-electron chi connectivity index (χ4n) is 2.22. The molecule has 0 radical (unpaired) electrons. The molecule has 0 aromatic carbocycles. The highest BCUT2D eigenvalue weighted by Gasteiger charge is 1.96. The van der Waals surface area contributed by atoms with E-state index in [1.54, 1.807) is 6.08 Å². The molecule has 0 aliphatic heterocycles. The molecule has 0 heterocycles. The Morgan fingerprint density at radius 1 is 0.750 bits per heavy atom. The lowest BCUT2D eigenvalue weighted by atomic mass is 10.1. The van der Waals surface area contributed by atoms with Gasteiger partial charge in [-0.05, 0) is 25.0 Å². The zero-order chi connectivity index (χ0) is 18.0. The summed E-state index contributed by atoms with van der Waals surface area (Å²) < 4.78 is 0. The average molecular weight is 336 g/mol. The van der Waals surface area contributed by atoms with Crippen molar-refractivity contribution >= 4 is 5.97 Å². The van der Waals surface area contributed by atoms with E-state index in [1.165, 1.54) is 57.4 Å². The Kier molecular flexibility index (Phi) is 14.6. The second-order valence-corrected chi connectivity index (χ2v) is 5.85. The van der Waals surface area contributed by atoms with Crippen molar-refractivity contribution in [3.05, 3.63) is 48.0 Å². The summed E-state index contributed by atoms with van der Waals surface area (Å²) in [7, 11) is 0. The summed E-state index contributed by atoms with van der Waals surface area (Å²) in [4.78, 5) is 10.3. The third-order valence-corrected chi connectivity index (χ3v) is 3.62. The maximum atomic E-state index is 10.3. The van der Waals surface area contributed by atoms with Crippen LogP contribution >= 0.6 is 0 Å². The van der Waals surface area contributed by atoms with Crippen LogP contribution in [-0.2, 0) is 4.79 Å². The molecule has 0 aliphatic carbocycles. The second-order valence-electron chi connectivity index (χ2n) is 5.85. The lowest BCUT2D eigenvalue weighted by molar-refractivity contribution is -0.131. The minimum absolute atomic E-state index is 0.284. The van der Waals surface area contributed by atoms with E-state index in [4.69, 9.17) is 5.11 Å². The topological polar surface area (TPSA) is 77.8 Å². The van der Waals surface area contributed by atoms with Crippen molar-refractivity contribution in [2.75, 3.05) is 0 Å². The molecular weight excluding hydrogens is 304 g/mol. The van der Waals surface area contributed by atoms with Crippen LogP contribution in [-0.4, -0.2) is 21.3 Å². The van der Waals surface area contributed by atoms with Crippen LogP contribution in [0.1, 0.15) is 71.1 Å². The number of rotatable bonds is 14. The third kappa shape index (κ3) is 14.9. The number of aliphatic hydroxyl groups excluding tert-OH is 2. The third-order valence-electron chi connectivity index (χ3n) is 3.62. The molecule has 0 unspecified atom stereocenters. The maximum absolute atomic E-state index is 10.3. The first-order chi connectivity index (χ1) is 11.6. The van der Waals surface area contributed by atoms with Gasteiger partial charge in [0, 0.05) is 6.08 Å². The molecule has 0 amide bonds. The molecule has 0 saturated carbocycles. The lowest BCUT2D eigenvalue weighted by Gasteiger charge is -2.00. The van der Waals surface area contributed by atoms with Gasteiger partial charge in [0.25, 0.3) is 0 Å². The summed E-state index contributed by atoms with van der Waals surface area (Å²) in [6, 6.07) is 0. The predicted molar refractivity (Wildman–Crippen MR) is 99.2 cm³/mol. The molecule has 0 bridgehead atoms. The Hall–Kier alpha value is -1.97. The fourth-order valence-corrected chi connectivity index (χ4v) is 2.22. The molecule has 0 spiro atoms. The van der Waals surface area contributed by atoms with E-state index >= 15 is 0 Å². The number of hydrogen-bond donors (Lipinski definition) is 3. The SMILES string of the molecule is CCCCCCCCCCCC=CC=C(O)C(O)=CC=CC(=O)O. The van der Waals surface area contributed by atoms with Crippen molar-refractivity contribution in [1.82, 2.24) is 0 Å². The van der Waals surface area contributed by atoms with E-state index in [1.807, 2.05) is 6.08 Å². The predicted octanol–water partition coefficient (Wildman–Crippen LogP) is 5.99. The molecule has 0 rings (SSSR count). The van der Waals surface area contributed by atoms with Crippen molar-refractivity contribution < 1.29 is 20.1 Å². The van der Waals surface area contributed by atoms with Gasteiger partial charge in [-0.2, -0.15) is 0 Å². The molecule has 3 N–H and O–H groups in total. The smallest absolute Gasteiger partial charge is 0.328 e. The number of carboxylic acids is 1. The van der Waals surface area contributed by atoms with Gasteiger partial charge in [-0.25, -0.2) is 4.79 Å². The summed E-state index contributed by atoms with van der Waals surface area (Å²) in [6.07, 6.45) is 20.8. The molecule has 4 nitrogen and oxygen atoms in total. The molecule has 24 heavy (non-hydrogen) atoms. The number of hydrogen-bond acceptors (Lipinski definition) is 3. The minimum Gasteiger partial charge on any atom is -0.504 e. The monoisotopic (exact) mass is 336 g/mol. The molecule has 0 fully saturated rings. The first-order valence-corrected chi connectivity index (χ1v) is 8.94. The highest BCUT2D eigenvalue weighted by Crippen LogP contribution is 2.11. The Labute approximate surface area is 145 Å². The van der Waals surface area contributed by atoms with Crippen LogP contribution in [0, 0.1) is 0 Å². The van der Waals surface area contributed by atoms with E-state index in [0.717, 1.165) is 31.1 Å². The average Bonchev–Trinajstić information content (AvgIpc) is 2.55. The molecule has 136 valence electrons. The van der Waals surface area contributed by atoms with E-state index in [-0.39, 0.29) is 11.5 Å². The first kappa shape index (κ1) is 22.0. The summed E-state index contributed by atoms with van der Waals surface area (Å²) in [6.45, 7) is 2.23. The Morgan fingerprint density at radius 2 is 1.25 bits per heavy atom. The highest BCUT2D eigenvalue weighted by molar-refractivity contribution is 5.80. The van der Waals surface area contributed by atoms with Gasteiger partial charge in [-0.3, -0.25) is 0 Å². The van der Waals surface area contributed by atoms with Crippen LogP contribution in [0.2, 0.25) is 0 Å². The first-order valence-electron chi connectivity index (χ1n) is 8.94. The van der Waals surface area contributed by atoms with Crippen molar-refractivity contribution in [2.24, 2.45) is 0 Å². The molecule has 0 aromatic rings. The molecule has 0 atom stereocenters. The normalized spacial score (nSPS) is 13.2. The molecule has 0 saturated heterocycles. The van der Waals surface area contributed by atoms with Crippen LogP contribution in [0.4, 0.5) is 0 Å². The zero-order valence-electron chi connectivity index (χ0n) is 14.8. The van der Waals surface area contributed by atoms with E-state index in [0.29, 0.717) is 0 Å². The molecular formula is C20H32O4. The summed E-state index contributed by atoms with van der Waals surface area (Å²) in [5.41, 5.74) is 0. The number of carbonyl (C=O) groups is 1. The van der Waals surface area contributed by atoms with Gasteiger partial charge in [-0.15, -0.1) is 0 Å². The summed E-state index contributed by atoms with van der Waals surface area (Å²) in [5.74, 6) is -1.75. The zero-order valence-corrected chi connectivity index (χ0v) is 14.8. The highest BCUT2D eigenvalue weighted by atomic mass is 16.4. The Balaban J connectivity index is 3.74. The quantitative estimate of drug-likeness (QED) is 0.158. The van der Waals surface area contributed by atoms with Gasteiger partial charge in [0.2, 0.25) is 0 Å². The second kappa shape index (κ2) is 15.9. The molecule has 0 aliphatic rings. The number of unbranched alkanes of at least 4 members (excludes halogenated alkanes) is 9. The molecule has 0 aromatic heterocycles. The number of aliphatic hydroxyl groups is 2. The van der Waals surface area contributed by atoms with Crippen LogP contribution in [0.15, 0.2) is 48.0 Å². The summed E-state index contributed by atoms with van der Waals surface area (Å²) in [5, 5.41) is 27.4. The van der Waals surface area contributed by atoms with Gasteiger partial charge in [0.15, 0.2) is 11.5 Å². The Morgan fingerprint density at radius 3 is 1.79 bits per heavy atom. The van der Waals surface area contributed by atoms with Crippen LogP contribution in [0.5, 0.6) is 0 Å². The van der Waals surface area contributed by atoms with E-state index < -0.39 is 5.97 Å². The van der Waals surface area contributed by atoms with Crippen molar-refractivity contribution in [2.45, 2.75) is 71.1 Å². The number of aliphatic carboxylic acids is 1. The summed E-state index contributed by atoms with van der Waals surface area (Å²) >= 11 is 0. The Bertz CT molecular complexity index is 445. The van der Waals surface area contributed by atoms with Crippen molar-refractivity contribution in [3.8, 4) is 0 Å². The van der Waals surface area contributed by atoms with E-state index in [2.05, 4.69) is 6.92 Å². The van der Waals surface area contributed by atoms with Crippen LogP contribution in [0.25, 0.3) is 0 Å². The minimum atomic E-state index is -1.11. The van der Waals surface area contributed by atoms with Gasteiger partial charge in [0.05, 0.1) is 0 Å². The molecule has 4 heteroatoms. The van der Waals surface area contributed by atoms with Gasteiger partial charge in [0.1, 0.15) is 0 Å². The maximum Gasteiger partial charge on any atom is 0.328 e. The van der Waals surface area contributed by atoms with Crippen LogP contribution < -0.4 is 0 Å². The number of carboxylic acid groups (broad SMARTS) is 1. The van der Waals surface area contributed by atoms with Gasteiger partial charge in [-0.1, -0.05) is 76.5 Å². The van der Waals surface area contributed by atoms with Gasteiger partial charge >= 0.3 is 5.97 Å². The van der Waals surface area contributed by atoms with Crippen molar-refractivity contribution in [3.63, 3.8) is 0 Å². The number of allylic oxidation sites excluding steroid dienone is 5. The van der Waals surface area contributed by atoms with E-state index in [9.17, 15) is 15.0 Å². The van der Waals surface area contributed by atoms with Crippen molar-refractivity contribution in [1.29, 1.82) is 0 Å². The fraction of sp³-hybridized carbons (Fsp3) is 0.550. The van der Waals surface area contributed by atoms with Crippen LogP contribution in [0.3, 0.4) is 0 Å². The van der Waals surface area contributed by atoms with Gasteiger partial charge < -0.3 is 15.3 Å². The largest absolute Gasteiger partial charge is 0.504 e. The standard InChI is InChI=1S/C20H32O4/c1-2-3-4-5-6-7-8-9-10-11-12-13-15-18(21)19(22)16-14-17-20(23)24/h12-17,21-22H,2-11H2,1H3,(H,23,24).